The molecule has 0 saturated carbocycles. The Morgan fingerprint density at radius 2 is 2.10 bits per heavy atom. The van der Waals surface area contributed by atoms with Gasteiger partial charge in [0.1, 0.15) is 5.82 Å². The Hall–Kier alpha value is -1.13. The van der Waals surface area contributed by atoms with Crippen molar-refractivity contribution < 1.29 is 14.3 Å². The maximum absolute atomic E-state index is 13.7. The molecule has 1 aromatic carbocycles. The zero-order valence-corrected chi connectivity index (χ0v) is 12.3. The number of hydrogen-bond donors (Lipinski definition) is 1. The third-order valence-electron chi connectivity index (χ3n) is 4.35. The number of benzene rings is 1. The number of hydrogen-bond acceptors (Lipinski definition) is 2. The third kappa shape index (κ3) is 3.13. The molecule has 1 saturated heterocycles. The Bertz CT molecular complexity index is 499. The van der Waals surface area contributed by atoms with E-state index in [1.54, 1.807) is 12.1 Å². The summed E-state index contributed by atoms with van der Waals surface area (Å²) in [5, 5.41) is 9.74. The molecule has 0 aliphatic carbocycles. The van der Waals surface area contributed by atoms with Gasteiger partial charge >= 0.3 is 5.97 Å². The van der Waals surface area contributed by atoms with Gasteiger partial charge in [-0.05, 0) is 44.5 Å². The summed E-state index contributed by atoms with van der Waals surface area (Å²) in [4.78, 5) is 13.5. The van der Waals surface area contributed by atoms with Crippen molar-refractivity contribution in [3.05, 3.63) is 34.6 Å². The van der Waals surface area contributed by atoms with Gasteiger partial charge in [-0.3, -0.25) is 9.69 Å². The van der Waals surface area contributed by atoms with Crippen LogP contribution in [0.25, 0.3) is 0 Å². The predicted octanol–water partition coefficient (Wildman–Crippen LogP) is 3.56. The van der Waals surface area contributed by atoms with Crippen LogP contribution in [0.1, 0.15) is 31.7 Å². The van der Waals surface area contributed by atoms with Crippen molar-refractivity contribution in [2.45, 2.75) is 32.7 Å². The highest BCUT2D eigenvalue weighted by Gasteiger charge is 2.39. The van der Waals surface area contributed by atoms with E-state index < -0.39 is 11.4 Å². The van der Waals surface area contributed by atoms with Crippen LogP contribution in [0.2, 0.25) is 5.02 Å². The summed E-state index contributed by atoms with van der Waals surface area (Å²) in [6.07, 6.45) is 1.88. The van der Waals surface area contributed by atoms with E-state index in [4.69, 9.17) is 11.6 Å². The monoisotopic (exact) mass is 299 g/mol. The molecule has 20 heavy (non-hydrogen) atoms. The Kier molecular flexibility index (Phi) is 4.66. The van der Waals surface area contributed by atoms with Crippen molar-refractivity contribution >= 4 is 17.6 Å². The molecule has 0 radical (unpaired) electrons. The van der Waals surface area contributed by atoms with E-state index in [9.17, 15) is 14.3 Å². The molecule has 0 amide bonds. The number of aliphatic carboxylic acids is 1. The summed E-state index contributed by atoms with van der Waals surface area (Å²) in [6, 6.07) is 4.68. The minimum Gasteiger partial charge on any atom is -0.481 e. The van der Waals surface area contributed by atoms with Crippen molar-refractivity contribution in [2.24, 2.45) is 5.41 Å². The van der Waals surface area contributed by atoms with E-state index in [1.807, 2.05) is 6.92 Å². The third-order valence-corrected chi connectivity index (χ3v) is 4.59. The summed E-state index contributed by atoms with van der Waals surface area (Å²) >= 11 is 5.73. The van der Waals surface area contributed by atoms with Crippen LogP contribution in [0, 0.1) is 11.2 Å². The van der Waals surface area contributed by atoms with Gasteiger partial charge in [-0.25, -0.2) is 4.39 Å². The Morgan fingerprint density at radius 1 is 1.45 bits per heavy atom. The number of carboxylic acids is 1. The SMILES string of the molecule is CCC1(C(=O)O)CCN(Cc2ccc(Cl)cc2F)CC1. The Balaban J connectivity index is 1.99. The molecule has 3 nitrogen and oxygen atoms in total. The van der Waals surface area contributed by atoms with Gasteiger partial charge in [0.2, 0.25) is 0 Å². The van der Waals surface area contributed by atoms with Crippen LogP contribution in [-0.2, 0) is 11.3 Å². The number of carbonyl (C=O) groups is 1. The zero-order chi connectivity index (χ0) is 14.8. The summed E-state index contributed by atoms with van der Waals surface area (Å²) in [5.41, 5.74) is 0.00316. The number of likely N-dealkylation sites (tertiary alicyclic amines) is 1. The van der Waals surface area contributed by atoms with Crippen LogP contribution in [0.3, 0.4) is 0 Å². The number of carboxylic acid groups (broad SMARTS) is 1. The molecule has 0 aromatic heterocycles. The first-order valence-electron chi connectivity index (χ1n) is 6.86. The minimum atomic E-state index is -0.711. The Labute approximate surface area is 123 Å². The standard InChI is InChI=1S/C15H19ClFNO2/c1-2-15(14(19)20)5-7-18(8-6-15)10-11-3-4-12(16)9-13(11)17/h3-4,9H,2,5-8,10H2,1H3,(H,19,20). The quantitative estimate of drug-likeness (QED) is 0.924. The van der Waals surface area contributed by atoms with E-state index in [0.29, 0.717) is 49.5 Å². The zero-order valence-electron chi connectivity index (χ0n) is 11.5. The smallest absolute Gasteiger partial charge is 0.309 e. The first-order chi connectivity index (χ1) is 9.47. The van der Waals surface area contributed by atoms with Gasteiger partial charge in [0.05, 0.1) is 5.41 Å². The van der Waals surface area contributed by atoms with Gasteiger partial charge < -0.3 is 5.11 Å². The van der Waals surface area contributed by atoms with Crippen molar-refractivity contribution in [1.29, 1.82) is 0 Å². The summed E-state index contributed by atoms with van der Waals surface area (Å²) in [6.45, 7) is 3.79. The summed E-state index contributed by atoms with van der Waals surface area (Å²) in [5.74, 6) is -1.01. The van der Waals surface area contributed by atoms with Crippen LogP contribution in [-0.4, -0.2) is 29.1 Å². The van der Waals surface area contributed by atoms with Crippen LogP contribution >= 0.6 is 11.6 Å². The molecule has 1 N–H and O–H groups in total. The lowest BCUT2D eigenvalue weighted by atomic mass is 9.76. The van der Waals surface area contributed by atoms with Gasteiger partial charge in [-0.2, -0.15) is 0 Å². The molecule has 1 aliphatic rings. The molecule has 5 heteroatoms. The molecular formula is C15H19ClFNO2. The highest BCUT2D eigenvalue weighted by atomic mass is 35.5. The van der Waals surface area contributed by atoms with Gasteiger partial charge in [0.25, 0.3) is 0 Å². The molecule has 0 unspecified atom stereocenters. The van der Waals surface area contributed by atoms with E-state index >= 15 is 0 Å². The fraction of sp³-hybridized carbons (Fsp3) is 0.533. The average Bonchev–Trinajstić information content (AvgIpc) is 2.42. The van der Waals surface area contributed by atoms with Gasteiger partial charge in [0.15, 0.2) is 0 Å². The number of piperidine rings is 1. The van der Waals surface area contributed by atoms with E-state index in [0.717, 1.165) is 0 Å². The highest BCUT2D eigenvalue weighted by molar-refractivity contribution is 6.30. The molecule has 0 spiro atoms. The molecule has 1 aliphatic heterocycles. The minimum absolute atomic E-state index is 0.303. The molecule has 2 rings (SSSR count). The first kappa shape index (κ1) is 15.3. The van der Waals surface area contributed by atoms with Crippen molar-refractivity contribution in [1.82, 2.24) is 4.90 Å². The lowest BCUT2D eigenvalue weighted by Gasteiger charge is -2.38. The van der Waals surface area contributed by atoms with Gasteiger partial charge in [-0.15, -0.1) is 0 Å². The van der Waals surface area contributed by atoms with E-state index in [2.05, 4.69) is 4.90 Å². The van der Waals surface area contributed by atoms with Crippen LogP contribution < -0.4 is 0 Å². The highest BCUT2D eigenvalue weighted by Crippen LogP contribution is 2.35. The first-order valence-corrected chi connectivity index (χ1v) is 7.24. The molecule has 110 valence electrons. The van der Waals surface area contributed by atoms with Crippen LogP contribution in [0.5, 0.6) is 0 Å². The fourth-order valence-electron chi connectivity index (χ4n) is 2.75. The van der Waals surface area contributed by atoms with Crippen LogP contribution in [0.15, 0.2) is 18.2 Å². The van der Waals surface area contributed by atoms with Gasteiger partial charge in [-0.1, -0.05) is 24.6 Å². The summed E-state index contributed by atoms with van der Waals surface area (Å²) in [7, 11) is 0. The van der Waals surface area contributed by atoms with Crippen molar-refractivity contribution in [3.63, 3.8) is 0 Å². The molecule has 0 atom stereocenters. The predicted molar refractivity (Wildman–Crippen MR) is 76.3 cm³/mol. The van der Waals surface area contributed by atoms with E-state index in [-0.39, 0.29) is 5.82 Å². The number of rotatable bonds is 4. The molecule has 1 fully saturated rings. The van der Waals surface area contributed by atoms with Crippen molar-refractivity contribution in [3.8, 4) is 0 Å². The maximum Gasteiger partial charge on any atom is 0.309 e. The number of nitrogens with zero attached hydrogens (tertiary/aromatic N) is 1. The second kappa shape index (κ2) is 6.10. The topological polar surface area (TPSA) is 40.5 Å². The molecule has 0 bridgehead atoms. The molecule has 1 aromatic rings. The second-order valence-corrected chi connectivity index (χ2v) is 5.89. The van der Waals surface area contributed by atoms with Crippen LogP contribution in [0.4, 0.5) is 4.39 Å². The van der Waals surface area contributed by atoms with Gasteiger partial charge in [0, 0.05) is 17.1 Å². The van der Waals surface area contributed by atoms with Crippen molar-refractivity contribution in [2.75, 3.05) is 13.1 Å². The van der Waals surface area contributed by atoms with E-state index in [1.165, 1.54) is 6.07 Å². The lowest BCUT2D eigenvalue weighted by Crippen LogP contribution is -2.43. The fourth-order valence-corrected chi connectivity index (χ4v) is 2.91. The largest absolute Gasteiger partial charge is 0.481 e. The Morgan fingerprint density at radius 3 is 2.60 bits per heavy atom. The molecular weight excluding hydrogens is 281 g/mol. The normalized spacial score (nSPS) is 18.9. The maximum atomic E-state index is 13.7. The molecule has 1 heterocycles. The number of halogens is 2. The second-order valence-electron chi connectivity index (χ2n) is 5.45. The summed E-state index contributed by atoms with van der Waals surface area (Å²) < 4.78 is 13.7. The lowest BCUT2D eigenvalue weighted by molar-refractivity contribution is -0.152. The average molecular weight is 300 g/mol.